The van der Waals surface area contributed by atoms with Crippen LogP contribution in [0.2, 0.25) is 5.02 Å². The van der Waals surface area contributed by atoms with Gasteiger partial charge in [0.2, 0.25) is 10.0 Å². The molecule has 2 aromatic rings. The summed E-state index contributed by atoms with van der Waals surface area (Å²) in [4.78, 5) is 12.4. The molecule has 0 saturated heterocycles. The molecule has 0 unspecified atom stereocenters. The van der Waals surface area contributed by atoms with Gasteiger partial charge in [-0.05, 0) is 41.3 Å². The van der Waals surface area contributed by atoms with E-state index in [0.717, 1.165) is 4.31 Å². The number of nitrogens with one attached hydrogen (secondary N) is 1. The molecule has 0 radical (unpaired) electrons. The van der Waals surface area contributed by atoms with Crippen molar-refractivity contribution >= 4 is 27.5 Å². The van der Waals surface area contributed by atoms with Crippen molar-refractivity contribution in [2.75, 3.05) is 27.2 Å². The van der Waals surface area contributed by atoms with Gasteiger partial charge in [-0.25, -0.2) is 12.7 Å². The average Bonchev–Trinajstić information content (AvgIpc) is 2.64. The van der Waals surface area contributed by atoms with Gasteiger partial charge in [0.15, 0.2) is 0 Å². The number of halogens is 1. The molecule has 158 valence electrons. The molecule has 0 aliphatic rings. The minimum atomic E-state index is -3.66. The molecule has 0 fully saturated rings. The summed E-state index contributed by atoms with van der Waals surface area (Å²) in [6.45, 7) is 6.95. The van der Waals surface area contributed by atoms with Crippen molar-refractivity contribution < 1.29 is 17.9 Å². The van der Waals surface area contributed by atoms with Crippen molar-refractivity contribution in [2.45, 2.75) is 31.1 Å². The third kappa shape index (κ3) is 5.95. The van der Waals surface area contributed by atoms with Gasteiger partial charge in [0.05, 0.1) is 22.0 Å². The van der Waals surface area contributed by atoms with Crippen molar-refractivity contribution in [3.8, 4) is 5.75 Å². The summed E-state index contributed by atoms with van der Waals surface area (Å²) >= 11 is 6.08. The van der Waals surface area contributed by atoms with Crippen LogP contribution in [0.5, 0.6) is 5.75 Å². The zero-order valence-corrected chi connectivity index (χ0v) is 18.9. The van der Waals surface area contributed by atoms with Gasteiger partial charge >= 0.3 is 0 Å². The van der Waals surface area contributed by atoms with Crippen LogP contribution < -0.4 is 10.1 Å². The second kappa shape index (κ2) is 9.15. The van der Waals surface area contributed by atoms with E-state index >= 15 is 0 Å². The molecule has 0 heterocycles. The van der Waals surface area contributed by atoms with Gasteiger partial charge in [0.1, 0.15) is 12.4 Å². The first-order valence-corrected chi connectivity index (χ1v) is 11.0. The molecule has 0 spiro atoms. The second-order valence-corrected chi connectivity index (χ2v) is 10.4. The lowest BCUT2D eigenvalue weighted by Crippen LogP contribution is -2.29. The maximum Gasteiger partial charge on any atom is 0.252 e. The number of amides is 1. The highest BCUT2D eigenvalue weighted by atomic mass is 35.5. The average molecular weight is 439 g/mol. The summed E-state index contributed by atoms with van der Waals surface area (Å²) in [5, 5.41) is 2.88. The Morgan fingerprint density at radius 3 is 2.28 bits per heavy atom. The lowest BCUT2D eigenvalue weighted by Gasteiger charge is -2.19. The molecule has 2 aromatic carbocycles. The summed E-state index contributed by atoms with van der Waals surface area (Å²) < 4.78 is 31.2. The molecule has 6 nitrogen and oxygen atoms in total. The highest BCUT2D eigenvalue weighted by Crippen LogP contribution is 2.24. The first-order chi connectivity index (χ1) is 13.4. The van der Waals surface area contributed by atoms with E-state index in [1.165, 1.54) is 37.9 Å². The summed E-state index contributed by atoms with van der Waals surface area (Å²) in [5.74, 6) is 0.252. The molecule has 0 aliphatic carbocycles. The summed E-state index contributed by atoms with van der Waals surface area (Å²) in [7, 11) is -0.804. The van der Waals surface area contributed by atoms with E-state index in [-0.39, 0.29) is 34.0 Å². The molecule has 0 bridgehead atoms. The van der Waals surface area contributed by atoms with E-state index in [4.69, 9.17) is 16.3 Å². The number of rotatable bonds is 7. The molecule has 1 N–H and O–H groups in total. The Morgan fingerprint density at radius 1 is 1.10 bits per heavy atom. The van der Waals surface area contributed by atoms with Crippen molar-refractivity contribution in [3.63, 3.8) is 0 Å². The zero-order valence-electron chi connectivity index (χ0n) is 17.3. The van der Waals surface area contributed by atoms with Crippen LogP contribution in [0.1, 0.15) is 36.7 Å². The van der Waals surface area contributed by atoms with E-state index in [9.17, 15) is 13.2 Å². The molecule has 1 amide bonds. The molecule has 0 atom stereocenters. The molecule has 0 saturated carbocycles. The van der Waals surface area contributed by atoms with Gasteiger partial charge in [0.25, 0.3) is 5.91 Å². The molecule has 8 heteroatoms. The van der Waals surface area contributed by atoms with E-state index < -0.39 is 15.9 Å². The SMILES string of the molecule is CN(C)S(=O)(=O)c1ccc(Cl)c(C(=O)NCCOc2ccc(C(C)(C)C)cc2)c1. The normalized spacial score (nSPS) is 12.1. The monoisotopic (exact) mass is 438 g/mol. The van der Waals surface area contributed by atoms with Gasteiger partial charge in [-0.15, -0.1) is 0 Å². The number of nitrogens with zero attached hydrogens (tertiary/aromatic N) is 1. The van der Waals surface area contributed by atoms with Crippen LogP contribution in [-0.2, 0) is 15.4 Å². The topological polar surface area (TPSA) is 75.7 Å². The van der Waals surface area contributed by atoms with Crippen molar-refractivity contribution in [3.05, 3.63) is 58.6 Å². The number of hydrogen-bond acceptors (Lipinski definition) is 4. The van der Waals surface area contributed by atoms with Crippen LogP contribution in [0, 0.1) is 0 Å². The predicted octanol–water partition coefficient (Wildman–Crippen LogP) is 3.70. The number of benzene rings is 2. The summed E-state index contributed by atoms with van der Waals surface area (Å²) in [6.07, 6.45) is 0. The Balaban J connectivity index is 1.96. The standard InChI is InChI=1S/C21H27ClN2O4S/c1-21(2,3)15-6-8-16(9-7-15)28-13-12-23-20(25)18-14-17(10-11-19(18)22)29(26,27)24(4)5/h6-11,14H,12-13H2,1-5H3,(H,23,25). The van der Waals surface area contributed by atoms with Crippen LogP contribution in [0.15, 0.2) is 47.4 Å². The summed E-state index contributed by atoms with van der Waals surface area (Å²) in [6, 6.07) is 11.9. The lowest BCUT2D eigenvalue weighted by molar-refractivity contribution is 0.0947. The van der Waals surface area contributed by atoms with Gasteiger partial charge < -0.3 is 10.1 Å². The molecular formula is C21H27ClN2O4S. The van der Waals surface area contributed by atoms with Crippen molar-refractivity contribution in [2.24, 2.45) is 0 Å². The predicted molar refractivity (Wildman–Crippen MR) is 115 cm³/mol. The molecular weight excluding hydrogens is 412 g/mol. The number of carbonyl (C=O) groups excluding carboxylic acids is 1. The Bertz CT molecular complexity index is 965. The van der Waals surface area contributed by atoms with E-state index in [2.05, 4.69) is 26.1 Å². The first kappa shape index (κ1) is 23.2. The Hall–Kier alpha value is -2.09. The minimum absolute atomic E-state index is 0.00670. The third-order valence-corrected chi connectivity index (χ3v) is 6.48. The van der Waals surface area contributed by atoms with Crippen LogP contribution in [0.4, 0.5) is 0 Å². The quantitative estimate of drug-likeness (QED) is 0.669. The van der Waals surface area contributed by atoms with Gasteiger partial charge in [0, 0.05) is 14.1 Å². The highest BCUT2D eigenvalue weighted by molar-refractivity contribution is 7.89. The van der Waals surface area contributed by atoms with Crippen molar-refractivity contribution in [1.29, 1.82) is 0 Å². The smallest absolute Gasteiger partial charge is 0.252 e. The third-order valence-electron chi connectivity index (χ3n) is 4.34. The van der Waals surface area contributed by atoms with Gasteiger partial charge in [-0.3, -0.25) is 4.79 Å². The van der Waals surface area contributed by atoms with Crippen LogP contribution in [-0.4, -0.2) is 45.9 Å². The molecule has 0 aliphatic heterocycles. The fraction of sp³-hybridized carbons (Fsp3) is 0.381. The van der Waals surface area contributed by atoms with E-state index in [0.29, 0.717) is 5.75 Å². The summed E-state index contributed by atoms with van der Waals surface area (Å²) in [5.41, 5.74) is 1.38. The van der Waals surface area contributed by atoms with Gasteiger partial charge in [-0.2, -0.15) is 0 Å². The fourth-order valence-corrected chi connectivity index (χ4v) is 3.66. The molecule has 2 rings (SSSR count). The lowest BCUT2D eigenvalue weighted by atomic mass is 9.87. The first-order valence-electron chi connectivity index (χ1n) is 9.16. The van der Waals surface area contributed by atoms with Gasteiger partial charge in [-0.1, -0.05) is 44.5 Å². The maximum atomic E-state index is 12.4. The Labute approximate surface area is 177 Å². The maximum absolute atomic E-state index is 12.4. The Kier molecular flexibility index (Phi) is 7.32. The largest absolute Gasteiger partial charge is 0.492 e. The van der Waals surface area contributed by atoms with E-state index in [1.807, 2.05) is 24.3 Å². The zero-order chi connectivity index (χ0) is 21.8. The number of sulfonamides is 1. The van der Waals surface area contributed by atoms with Crippen molar-refractivity contribution in [1.82, 2.24) is 9.62 Å². The van der Waals surface area contributed by atoms with Crippen LogP contribution >= 0.6 is 11.6 Å². The number of ether oxygens (including phenoxy) is 1. The molecule has 29 heavy (non-hydrogen) atoms. The fourth-order valence-electron chi connectivity index (χ4n) is 2.53. The van der Waals surface area contributed by atoms with Crippen LogP contribution in [0.3, 0.4) is 0 Å². The minimum Gasteiger partial charge on any atom is -0.492 e. The number of carbonyl (C=O) groups is 1. The van der Waals surface area contributed by atoms with Crippen LogP contribution in [0.25, 0.3) is 0 Å². The second-order valence-electron chi connectivity index (χ2n) is 7.81. The molecule has 0 aromatic heterocycles. The Morgan fingerprint density at radius 2 is 1.72 bits per heavy atom. The highest BCUT2D eigenvalue weighted by Gasteiger charge is 2.20. The number of hydrogen-bond donors (Lipinski definition) is 1. The van der Waals surface area contributed by atoms with E-state index in [1.54, 1.807) is 0 Å².